The van der Waals surface area contributed by atoms with E-state index >= 15 is 0 Å². The number of hydrogen-bond donors (Lipinski definition) is 1. The molecule has 1 aliphatic heterocycles. The Morgan fingerprint density at radius 3 is 2.26 bits per heavy atom. The molecule has 19 heavy (non-hydrogen) atoms. The predicted molar refractivity (Wildman–Crippen MR) is 77.9 cm³/mol. The van der Waals surface area contributed by atoms with Crippen LogP contribution in [0.2, 0.25) is 0 Å². The Balaban J connectivity index is 2.52. The summed E-state index contributed by atoms with van der Waals surface area (Å²) in [5.41, 5.74) is -0.751. The Labute approximate surface area is 117 Å². The lowest BCUT2D eigenvalue weighted by Crippen LogP contribution is -2.49. The van der Waals surface area contributed by atoms with Gasteiger partial charge in [-0.1, -0.05) is 20.8 Å². The van der Waals surface area contributed by atoms with Gasteiger partial charge in [0.2, 0.25) is 5.91 Å². The molecule has 0 aliphatic carbocycles. The Morgan fingerprint density at radius 2 is 1.84 bits per heavy atom. The summed E-state index contributed by atoms with van der Waals surface area (Å²) in [4.78, 5) is 16.4. The maximum Gasteiger partial charge on any atom is 0.236 e. The van der Waals surface area contributed by atoms with Crippen LogP contribution in [0, 0.1) is 11.8 Å². The van der Waals surface area contributed by atoms with Crippen LogP contribution >= 0.6 is 0 Å². The van der Waals surface area contributed by atoms with Gasteiger partial charge in [0.25, 0.3) is 0 Å². The van der Waals surface area contributed by atoms with Crippen molar-refractivity contribution in [1.29, 1.82) is 0 Å². The number of likely N-dealkylation sites (N-methyl/N-ethyl adjacent to an activating group) is 1. The van der Waals surface area contributed by atoms with E-state index in [2.05, 4.69) is 13.8 Å². The fraction of sp³-hybridized carbons (Fsp3) is 0.933. The first kappa shape index (κ1) is 16.4. The highest BCUT2D eigenvalue weighted by molar-refractivity contribution is 5.78. The molecule has 0 radical (unpaired) electrons. The number of amides is 1. The molecule has 1 amide bonds. The Morgan fingerprint density at radius 1 is 1.32 bits per heavy atom. The van der Waals surface area contributed by atoms with Crippen molar-refractivity contribution in [3.63, 3.8) is 0 Å². The minimum Gasteiger partial charge on any atom is -0.389 e. The van der Waals surface area contributed by atoms with E-state index in [1.54, 1.807) is 13.8 Å². The van der Waals surface area contributed by atoms with Crippen molar-refractivity contribution in [2.45, 2.75) is 46.6 Å². The van der Waals surface area contributed by atoms with Crippen LogP contribution < -0.4 is 0 Å². The van der Waals surface area contributed by atoms with E-state index < -0.39 is 5.60 Å². The van der Waals surface area contributed by atoms with Crippen LogP contribution in [0.25, 0.3) is 0 Å². The van der Waals surface area contributed by atoms with Gasteiger partial charge in [0, 0.05) is 19.6 Å². The number of carbonyl (C=O) groups is 1. The molecular weight excluding hydrogens is 240 g/mol. The molecule has 112 valence electrons. The molecule has 1 heterocycles. The van der Waals surface area contributed by atoms with E-state index in [1.807, 2.05) is 16.7 Å². The molecule has 1 N–H and O–H groups in total. The zero-order chi connectivity index (χ0) is 14.6. The minimum absolute atomic E-state index is 0.199. The van der Waals surface area contributed by atoms with Crippen molar-refractivity contribution in [2.75, 3.05) is 32.7 Å². The Hall–Kier alpha value is -0.610. The second-order valence-electron chi connectivity index (χ2n) is 6.86. The average Bonchev–Trinajstić information content (AvgIpc) is 2.24. The molecule has 2 atom stereocenters. The quantitative estimate of drug-likeness (QED) is 0.825. The maximum absolute atomic E-state index is 12.3. The van der Waals surface area contributed by atoms with Gasteiger partial charge in [-0.3, -0.25) is 9.69 Å². The molecule has 0 aromatic rings. The topological polar surface area (TPSA) is 43.8 Å². The smallest absolute Gasteiger partial charge is 0.236 e. The van der Waals surface area contributed by atoms with Crippen LogP contribution in [0.3, 0.4) is 0 Å². The zero-order valence-corrected chi connectivity index (χ0v) is 13.1. The first-order chi connectivity index (χ1) is 8.71. The third-order valence-electron chi connectivity index (χ3n) is 3.64. The monoisotopic (exact) mass is 270 g/mol. The first-order valence-corrected chi connectivity index (χ1v) is 7.43. The maximum atomic E-state index is 12.3. The lowest BCUT2D eigenvalue weighted by molar-refractivity contribution is -0.135. The first-order valence-electron chi connectivity index (χ1n) is 7.43. The van der Waals surface area contributed by atoms with E-state index in [4.69, 9.17) is 0 Å². The van der Waals surface area contributed by atoms with Crippen LogP contribution in [-0.2, 0) is 4.79 Å². The molecule has 4 heteroatoms. The summed E-state index contributed by atoms with van der Waals surface area (Å²) in [5, 5.41) is 9.86. The Kier molecular flexibility index (Phi) is 5.81. The number of likely N-dealkylation sites (tertiary alicyclic amines) is 1. The molecular formula is C15H30N2O2. The van der Waals surface area contributed by atoms with Crippen LogP contribution in [0.5, 0.6) is 0 Å². The molecule has 1 aliphatic rings. The van der Waals surface area contributed by atoms with Gasteiger partial charge in [-0.25, -0.2) is 0 Å². The number of piperidine rings is 1. The molecule has 2 unspecified atom stereocenters. The summed E-state index contributed by atoms with van der Waals surface area (Å²) < 4.78 is 0. The van der Waals surface area contributed by atoms with Gasteiger partial charge in [0.15, 0.2) is 0 Å². The summed E-state index contributed by atoms with van der Waals surface area (Å²) in [7, 11) is 0. The second-order valence-corrected chi connectivity index (χ2v) is 6.86. The van der Waals surface area contributed by atoms with E-state index in [1.165, 1.54) is 6.42 Å². The van der Waals surface area contributed by atoms with Crippen LogP contribution in [0.1, 0.15) is 41.0 Å². The zero-order valence-electron chi connectivity index (χ0n) is 13.1. The molecule has 0 bridgehead atoms. The van der Waals surface area contributed by atoms with E-state index in [9.17, 15) is 9.90 Å². The molecule has 1 saturated heterocycles. The molecule has 1 rings (SSSR count). The van der Waals surface area contributed by atoms with E-state index in [0.29, 0.717) is 24.9 Å². The second kappa shape index (κ2) is 6.71. The summed E-state index contributed by atoms with van der Waals surface area (Å²) in [6.45, 7) is 13.5. The third-order valence-corrected chi connectivity index (χ3v) is 3.64. The van der Waals surface area contributed by atoms with Crippen molar-refractivity contribution in [3.05, 3.63) is 0 Å². The number of carbonyl (C=O) groups excluding carboxylic acids is 1. The molecule has 0 spiro atoms. The molecule has 4 nitrogen and oxygen atoms in total. The van der Waals surface area contributed by atoms with E-state index in [-0.39, 0.29) is 5.91 Å². The van der Waals surface area contributed by atoms with Crippen molar-refractivity contribution in [2.24, 2.45) is 11.8 Å². The van der Waals surface area contributed by atoms with Gasteiger partial charge < -0.3 is 10.0 Å². The van der Waals surface area contributed by atoms with Crippen molar-refractivity contribution >= 4 is 5.91 Å². The van der Waals surface area contributed by atoms with Crippen molar-refractivity contribution in [3.8, 4) is 0 Å². The van der Waals surface area contributed by atoms with E-state index in [0.717, 1.165) is 19.6 Å². The number of nitrogens with zero attached hydrogens (tertiary/aromatic N) is 2. The molecule has 0 aromatic heterocycles. The van der Waals surface area contributed by atoms with Crippen molar-refractivity contribution in [1.82, 2.24) is 9.80 Å². The van der Waals surface area contributed by atoms with Gasteiger partial charge in [0.1, 0.15) is 0 Å². The highest BCUT2D eigenvalue weighted by Crippen LogP contribution is 2.21. The number of hydrogen-bond acceptors (Lipinski definition) is 3. The van der Waals surface area contributed by atoms with Gasteiger partial charge in [0.05, 0.1) is 12.1 Å². The fourth-order valence-electron chi connectivity index (χ4n) is 2.98. The number of aliphatic hydroxyl groups is 1. The normalized spacial score (nSPS) is 24.9. The summed E-state index contributed by atoms with van der Waals surface area (Å²) in [6.07, 6.45) is 1.21. The predicted octanol–water partition coefficient (Wildman–Crippen LogP) is 1.58. The largest absolute Gasteiger partial charge is 0.389 e. The SMILES string of the molecule is CCN(CC(=O)N1CC(C)CC(C)C1)CC(C)(C)O. The molecule has 0 aromatic carbocycles. The number of rotatable bonds is 5. The van der Waals surface area contributed by atoms with Crippen LogP contribution in [0.4, 0.5) is 0 Å². The fourth-order valence-corrected chi connectivity index (χ4v) is 2.98. The van der Waals surface area contributed by atoms with Gasteiger partial charge in [-0.05, 0) is 38.6 Å². The van der Waals surface area contributed by atoms with Gasteiger partial charge in [-0.2, -0.15) is 0 Å². The lowest BCUT2D eigenvalue weighted by atomic mass is 9.92. The Bertz CT molecular complexity index is 289. The summed E-state index contributed by atoms with van der Waals surface area (Å²) in [6, 6.07) is 0. The van der Waals surface area contributed by atoms with Gasteiger partial charge >= 0.3 is 0 Å². The molecule has 1 fully saturated rings. The average molecular weight is 270 g/mol. The minimum atomic E-state index is -0.751. The van der Waals surface area contributed by atoms with Gasteiger partial charge in [-0.15, -0.1) is 0 Å². The summed E-state index contributed by atoms with van der Waals surface area (Å²) in [5.74, 6) is 1.39. The highest BCUT2D eigenvalue weighted by Gasteiger charge is 2.27. The van der Waals surface area contributed by atoms with Crippen LogP contribution in [0.15, 0.2) is 0 Å². The third kappa shape index (κ3) is 5.91. The lowest BCUT2D eigenvalue weighted by Gasteiger charge is -2.36. The standard InChI is InChI=1S/C15H30N2O2/c1-6-16(11-15(4,5)19)10-14(18)17-8-12(2)7-13(3)9-17/h12-13,19H,6-11H2,1-5H3. The van der Waals surface area contributed by atoms with Crippen LogP contribution in [-0.4, -0.2) is 59.1 Å². The summed E-state index contributed by atoms with van der Waals surface area (Å²) >= 11 is 0. The van der Waals surface area contributed by atoms with Crippen molar-refractivity contribution < 1.29 is 9.90 Å². The molecule has 0 saturated carbocycles. The highest BCUT2D eigenvalue weighted by atomic mass is 16.3.